The molecule has 3 aliphatic rings. The number of nitrogens with one attached hydrogen (secondary N) is 2. The van der Waals surface area contributed by atoms with Crippen LogP contribution in [0.4, 0.5) is 0 Å². The second-order valence-electron chi connectivity index (χ2n) is 6.88. The van der Waals surface area contributed by atoms with E-state index in [2.05, 4.69) is 25.9 Å². The number of carbonyl (C=O) groups is 2. The molecule has 4 atom stereocenters. The molecular weight excluding hydrogens is 318 g/mol. The van der Waals surface area contributed by atoms with Crippen LogP contribution in [0.3, 0.4) is 0 Å². The maximum Gasteiger partial charge on any atom is 0.249 e. The second kappa shape index (κ2) is 4.91. The van der Waals surface area contributed by atoms with Crippen molar-refractivity contribution in [1.82, 2.24) is 30.8 Å². The fraction of sp³-hybridized carbons (Fsp3) is 0.769. The molecule has 4 N–H and O–H groups in total. The fourth-order valence-corrected chi connectivity index (χ4v) is 5.00. The van der Waals surface area contributed by atoms with Crippen molar-refractivity contribution in [2.24, 2.45) is 11.7 Å². The summed E-state index contributed by atoms with van der Waals surface area (Å²) in [6.45, 7) is 4.08. The molecule has 3 unspecified atom stereocenters. The van der Waals surface area contributed by atoms with Gasteiger partial charge in [0, 0.05) is 4.75 Å². The first kappa shape index (κ1) is 14.9. The Bertz CT molecular complexity index is 645. The molecule has 0 aromatic carbocycles. The Hall–Kier alpha value is -1.68. The van der Waals surface area contributed by atoms with Gasteiger partial charge in [0.1, 0.15) is 17.5 Å². The summed E-state index contributed by atoms with van der Waals surface area (Å²) in [5, 5.41) is 16.8. The number of aromatic nitrogens is 4. The Morgan fingerprint density at radius 3 is 2.87 bits per heavy atom. The highest BCUT2D eigenvalue weighted by molar-refractivity contribution is 8.01. The van der Waals surface area contributed by atoms with Crippen LogP contribution in [-0.4, -0.2) is 59.5 Å². The van der Waals surface area contributed by atoms with Crippen molar-refractivity contribution >= 4 is 23.6 Å². The quantitative estimate of drug-likeness (QED) is 0.611. The van der Waals surface area contributed by atoms with E-state index in [1.165, 1.54) is 0 Å². The van der Waals surface area contributed by atoms with Gasteiger partial charge in [-0.3, -0.25) is 9.59 Å². The number of aromatic amines is 1. The predicted molar refractivity (Wildman–Crippen MR) is 81.9 cm³/mol. The van der Waals surface area contributed by atoms with Crippen molar-refractivity contribution in [1.29, 1.82) is 0 Å². The highest BCUT2D eigenvalue weighted by atomic mass is 32.2. The SMILES string of the molecule is CC1(C)S[C@@H]2C(NC(=O)C(N)C3CC3)C(=O)N2C1c1nn[nH]n1. The lowest BCUT2D eigenvalue weighted by atomic mass is 9.95. The largest absolute Gasteiger partial charge is 0.340 e. The third kappa shape index (κ3) is 2.23. The smallest absolute Gasteiger partial charge is 0.249 e. The maximum atomic E-state index is 12.6. The molecule has 1 aliphatic carbocycles. The number of tetrazole rings is 1. The molecular formula is C13H19N7O2S. The summed E-state index contributed by atoms with van der Waals surface area (Å²) in [5.41, 5.74) is 5.91. The van der Waals surface area contributed by atoms with Crippen molar-refractivity contribution in [3.8, 4) is 0 Å². The van der Waals surface area contributed by atoms with E-state index >= 15 is 0 Å². The van der Waals surface area contributed by atoms with Crippen LogP contribution in [0.5, 0.6) is 0 Å². The summed E-state index contributed by atoms with van der Waals surface area (Å²) in [4.78, 5) is 26.5. The van der Waals surface area contributed by atoms with Crippen molar-refractivity contribution in [3.05, 3.63) is 5.82 Å². The van der Waals surface area contributed by atoms with Crippen LogP contribution in [-0.2, 0) is 9.59 Å². The van der Waals surface area contributed by atoms with Crippen molar-refractivity contribution in [2.75, 3.05) is 0 Å². The molecule has 124 valence electrons. The fourth-order valence-electron chi connectivity index (χ4n) is 3.37. The first-order chi connectivity index (χ1) is 10.9. The Labute approximate surface area is 137 Å². The van der Waals surface area contributed by atoms with E-state index in [1.807, 2.05) is 13.8 Å². The number of hydrogen-bond donors (Lipinski definition) is 3. The van der Waals surface area contributed by atoms with Gasteiger partial charge >= 0.3 is 0 Å². The van der Waals surface area contributed by atoms with Crippen LogP contribution in [0.15, 0.2) is 0 Å². The highest BCUT2D eigenvalue weighted by Crippen LogP contribution is 2.56. The molecule has 1 aromatic rings. The van der Waals surface area contributed by atoms with Crippen molar-refractivity contribution in [2.45, 2.75) is 54.9 Å². The van der Waals surface area contributed by atoms with Crippen LogP contribution in [0, 0.1) is 5.92 Å². The lowest BCUT2D eigenvalue weighted by molar-refractivity contribution is -0.152. The van der Waals surface area contributed by atoms with Crippen LogP contribution in [0.25, 0.3) is 0 Å². The molecule has 0 radical (unpaired) electrons. The van der Waals surface area contributed by atoms with E-state index in [4.69, 9.17) is 5.73 Å². The molecule has 1 saturated carbocycles. The molecule has 23 heavy (non-hydrogen) atoms. The third-order valence-electron chi connectivity index (χ3n) is 4.78. The average Bonchev–Trinajstić information content (AvgIpc) is 3.16. The Morgan fingerprint density at radius 2 is 2.26 bits per heavy atom. The number of β-lactam (4-membered cyclic amide) rings is 1. The van der Waals surface area contributed by atoms with Crippen molar-refractivity contribution in [3.63, 3.8) is 0 Å². The van der Waals surface area contributed by atoms with Gasteiger partial charge in [0.05, 0.1) is 6.04 Å². The number of thioether (sulfide) groups is 1. The Morgan fingerprint density at radius 1 is 1.52 bits per heavy atom. The normalized spacial score (nSPS) is 33.1. The lowest BCUT2D eigenvalue weighted by Gasteiger charge is -2.44. The summed E-state index contributed by atoms with van der Waals surface area (Å²) in [5.74, 6) is 0.421. The molecule has 3 fully saturated rings. The molecule has 2 saturated heterocycles. The molecule has 0 bridgehead atoms. The van der Waals surface area contributed by atoms with Gasteiger partial charge in [-0.1, -0.05) is 5.21 Å². The van der Waals surface area contributed by atoms with Gasteiger partial charge < -0.3 is 16.0 Å². The monoisotopic (exact) mass is 337 g/mol. The average molecular weight is 337 g/mol. The topological polar surface area (TPSA) is 130 Å². The van der Waals surface area contributed by atoms with E-state index in [1.54, 1.807) is 16.7 Å². The van der Waals surface area contributed by atoms with E-state index in [0.717, 1.165) is 12.8 Å². The molecule has 0 spiro atoms. The lowest BCUT2D eigenvalue weighted by Crippen LogP contribution is -2.69. The number of fused-ring (bicyclic) bond motifs is 1. The van der Waals surface area contributed by atoms with E-state index in [9.17, 15) is 9.59 Å². The molecule has 10 heteroatoms. The molecule has 9 nitrogen and oxygen atoms in total. The van der Waals surface area contributed by atoms with E-state index < -0.39 is 12.1 Å². The zero-order chi connectivity index (χ0) is 16.4. The van der Waals surface area contributed by atoms with Crippen LogP contribution >= 0.6 is 11.8 Å². The van der Waals surface area contributed by atoms with Gasteiger partial charge in [-0.2, -0.15) is 5.21 Å². The summed E-state index contributed by atoms with van der Waals surface area (Å²) >= 11 is 1.64. The van der Waals surface area contributed by atoms with Gasteiger partial charge in [0.15, 0.2) is 5.82 Å². The van der Waals surface area contributed by atoms with Gasteiger partial charge in [-0.05, 0) is 32.6 Å². The van der Waals surface area contributed by atoms with Gasteiger partial charge in [-0.25, -0.2) is 0 Å². The number of hydrogen-bond acceptors (Lipinski definition) is 7. The minimum Gasteiger partial charge on any atom is -0.340 e. The van der Waals surface area contributed by atoms with Gasteiger partial charge in [-0.15, -0.1) is 22.0 Å². The minimum atomic E-state index is -0.520. The van der Waals surface area contributed by atoms with Crippen molar-refractivity contribution < 1.29 is 9.59 Å². The molecule has 3 heterocycles. The minimum absolute atomic E-state index is 0.112. The van der Waals surface area contributed by atoms with Crippen LogP contribution in [0.2, 0.25) is 0 Å². The summed E-state index contributed by atoms with van der Waals surface area (Å²) < 4.78 is -0.262. The summed E-state index contributed by atoms with van der Waals surface area (Å²) in [6, 6.07) is -1.29. The zero-order valence-corrected chi connectivity index (χ0v) is 13.7. The Kier molecular flexibility index (Phi) is 3.17. The predicted octanol–water partition coefficient (Wildman–Crippen LogP) is -0.843. The van der Waals surface area contributed by atoms with Gasteiger partial charge in [0.25, 0.3) is 0 Å². The number of amides is 2. The molecule has 4 rings (SSSR count). The molecule has 2 aliphatic heterocycles. The standard InChI is InChI=1S/C13H19N7O2S/c1-13(2)8(9-16-18-19-17-9)20-11(22)7(12(20)23-13)15-10(21)6(14)5-3-4-5/h5-8,12H,3-4,14H2,1-2H3,(H,15,21)(H,16,17,18,19)/t6?,7?,8?,12-/m1/s1. The Balaban J connectivity index is 1.50. The second-order valence-corrected chi connectivity index (χ2v) is 8.65. The first-order valence-corrected chi connectivity index (χ1v) is 8.57. The number of nitrogens with two attached hydrogens (primary N) is 1. The third-order valence-corrected chi connectivity index (χ3v) is 6.35. The maximum absolute atomic E-state index is 12.6. The number of carbonyl (C=O) groups excluding carboxylic acids is 2. The molecule has 2 amide bonds. The number of H-pyrrole nitrogens is 1. The highest BCUT2D eigenvalue weighted by Gasteiger charge is 2.63. The number of rotatable bonds is 4. The first-order valence-electron chi connectivity index (χ1n) is 7.69. The van der Waals surface area contributed by atoms with E-state index in [0.29, 0.717) is 5.82 Å². The van der Waals surface area contributed by atoms with Crippen LogP contribution < -0.4 is 11.1 Å². The van der Waals surface area contributed by atoms with E-state index in [-0.39, 0.29) is 33.9 Å². The zero-order valence-electron chi connectivity index (χ0n) is 12.9. The summed E-state index contributed by atoms with van der Waals surface area (Å²) in [7, 11) is 0. The molecule has 1 aromatic heterocycles. The van der Waals surface area contributed by atoms with Gasteiger partial charge in [0.2, 0.25) is 11.8 Å². The van der Waals surface area contributed by atoms with Crippen LogP contribution in [0.1, 0.15) is 38.6 Å². The number of nitrogens with zero attached hydrogens (tertiary/aromatic N) is 4. The summed E-state index contributed by atoms with van der Waals surface area (Å²) in [6.07, 6.45) is 1.98.